The molecule has 0 saturated carbocycles. The van der Waals surface area contributed by atoms with Gasteiger partial charge in [0.2, 0.25) is 23.2 Å². The molecular weight excluding hydrogens is 817 g/mol. The normalized spacial score (nSPS) is 17.0. The highest BCUT2D eigenvalue weighted by Gasteiger charge is 2.37. The molecule has 0 fully saturated rings. The highest BCUT2D eigenvalue weighted by Crippen LogP contribution is 2.44. The number of nitrogens with one attached hydrogen (secondary N) is 2. The van der Waals surface area contributed by atoms with Gasteiger partial charge >= 0.3 is 0 Å². The van der Waals surface area contributed by atoms with Crippen LogP contribution in [0, 0.1) is 36.5 Å². The van der Waals surface area contributed by atoms with Gasteiger partial charge in [-0.2, -0.15) is 4.58 Å². The van der Waals surface area contributed by atoms with Crippen molar-refractivity contribution in [2.75, 3.05) is 23.3 Å². The lowest BCUT2D eigenvalue weighted by atomic mass is 9.78. The van der Waals surface area contributed by atoms with Gasteiger partial charge in [0, 0.05) is 81.2 Å². The number of ketones is 1. The maximum atomic E-state index is 14.7. The number of benzene rings is 3. The minimum Gasteiger partial charge on any atom is -0.871 e. The van der Waals surface area contributed by atoms with Crippen molar-refractivity contribution in [1.29, 1.82) is 0 Å². The van der Waals surface area contributed by atoms with Crippen LogP contribution in [0.25, 0.3) is 5.57 Å². The zero-order valence-electron chi connectivity index (χ0n) is 42.3. The predicted molar refractivity (Wildman–Crippen MR) is 273 cm³/mol. The van der Waals surface area contributed by atoms with Crippen LogP contribution in [-0.4, -0.2) is 41.0 Å². The molecule has 2 aliphatic carbocycles. The average Bonchev–Trinajstić information content (AvgIpc) is 3.31. The van der Waals surface area contributed by atoms with Crippen LogP contribution < -0.4 is 20.6 Å². The molecule has 3 aromatic carbocycles. The lowest BCUT2D eigenvalue weighted by Crippen LogP contribution is -2.39. The van der Waals surface area contributed by atoms with Crippen LogP contribution in [-0.2, 0) is 14.4 Å². The molecule has 2 N–H and O–H groups in total. The summed E-state index contributed by atoms with van der Waals surface area (Å²) in [4.78, 5) is 45.0. The van der Waals surface area contributed by atoms with E-state index in [2.05, 4.69) is 110 Å². The average molecular weight is 895 g/mol. The van der Waals surface area contributed by atoms with E-state index < -0.39 is 22.4 Å². The van der Waals surface area contributed by atoms with E-state index in [4.69, 9.17) is 0 Å². The van der Waals surface area contributed by atoms with Gasteiger partial charge in [-0.3, -0.25) is 14.4 Å². The monoisotopic (exact) mass is 895 g/mol. The van der Waals surface area contributed by atoms with Crippen molar-refractivity contribution in [1.82, 2.24) is 5.32 Å². The Morgan fingerprint density at radius 1 is 0.697 bits per heavy atom. The SMILES string of the molecule is CCCCC(CC)CN(c1ccc(C)cc1)c1ccc(C2=C([O-])/C(=C3/C=CC(=[N+](CC(CC)CCCC)c4ccc(C)cc4)C=C3NC(=O)C(C)(C)CC)C2=O)c(NC(=O)C(C)(C)CC)c1. The topological polar surface area (TPSA) is 105 Å². The molecule has 0 spiro atoms. The van der Waals surface area contributed by atoms with Crippen molar-refractivity contribution >= 4 is 51.6 Å². The Morgan fingerprint density at radius 2 is 1.24 bits per heavy atom. The quantitative estimate of drug-likeness (QED) is 0.0772. The first kappa shape index (κ1) is 51.5. The first-order valence-corrected chi connectivity index (χ1v) is 24.9. The summed E-state index contributed by atoms with van der Waals surface area (Å²) < 4.78 is 2.29. The number of unbranched alkanes of at least 4 members (excludes halogenated alkanes) is 2. The number of Topliss-reactive ketones (excluding diaryl/α,β-unsaturated/α-hetero) is 1. The summed E-state index contributed by atoms with van der Waals surface area (Å²) in [5.74, 6) is -0.351. The highest BCUT2D eigenvalue weighted by atomic mass is 16.3. The van der Waals surface area contributed by atoms with Crippen molar-refractivity contribution in [3.63, 3.8) is 0 Å². The van der Waals surface area contributed by atoms with Gasteiger partial charge in [0.1, 0.15) is 0 Å². The fraction of sp³-hybridized carbons (Fsp3) is 0.483. The standard InChI is InChI=1S/C58H78N4O4/c1-13-19-21-41(15-3)37-61(43-27-23-39(7)24-28-43)45-31-33-47(49(35-45)59-55(65)57(9,10)17-5)51-53(63)52(54(51)64)48-34-32-46(36-50(48)60-56(66)58(11,12)18-6)62(38-42(16-4)22-20-14-2)44-29-25-40(8)26-30-44/h23-36,41-42H,13-22,37-38H2,1-12H3,(H2,59,60,63,64,65,66). The summed E-state index contributed by atoms with van der Waals surface area (Å²) in [6.07, 6.45) is 15.7. The van der Waals surface area contributed by atoms with E-state index in [1.165, 1.54) is 0 Å². The summed E-state index contributed by atoms with van der Waals surface area (Å²) in [5, 5.41) is 21.1. The molecule has 0 aliphatic heterocycles. The Hall–Kier alpha value is -5.50. The molecule has 0 aromatic heterocycles. The first-order valence-electron chi connectivity index (χ1n) is 24.9. The van der Waals surface area contributed by atoms with Crippen molar-refractivity contribution in [2.24, 2.45) is 22.7 Å². The van der Waals surface area contributed by atoms with E-state index >= 15 is 0 Å². The van der Waals surface area contributed by atoms with Gasteiger partial charge in [0.05, 0.1) is 11.4 Å². The van der Waals surface area contributed by atoms with E-state index in [9.17, 15) is 19.5 Å². The Labute approximate surface area is 397 Å². The molecule has 8 nitrogen and oxygen atoms in total. The number of rotatable bonds is 22. The van der Waals surface area contributed by atoms with Crippen molar-refractivity contribution in [2.45, 2.75) is 147 Å². The number of carbonyl (C=O) groups excluding carboxylic acids is 3. The molecule has 3 aromatic rings. The number of aryl methyl sites for hydroxylation is 2. The number of amides is 2. The van der Waals surface area contributed by atoms with E-state index in [-0.39, 0.29) is 23.0 Å². The Kier molecular flexibility index (Phi) is 17.8. The molecule has 0 radical (unpaired) electrons. The third-order valence-electron chi connectivity index (χ3n) is 14.2. The minimum absolute atomic E-state index is 0.0238. The third-order valence-corrected chi connectivity index (χ3v) is 14.2. The number of carbonyl (C=O) groups is 3. The van der Waals surface area contributed by atoms with Crippen LogP contribution in [0.2, 0.25) is 0 Å². The van der Waals surface area contributed by atoms with Gasteiger partial charge < -0.3 is 20.6 Å². The summed E-state index contributed by atoms with van der Waals surface area (Å²) >= 11 is 0. The summed E-state index contributed by atoms with van der Waals surface area (Å²) in [5.41, 5.74) is 6.38. The van der Waals surface area contributed by atoms with E-state index in [0.717, 1.165) is 98.4 Å². The van der Waals surface area contributed by atoms with Crippen LogP contribution in [0.3, 0.4) is 0 Å². The molecule has 0 saturated heterocycles. The number of nitrogens with zero attached hydrogens (tertiary/aromatic N) is 2. The molecule has 66 heavy (non-hydrogen) atoms. The lowest BCUT2D eigenvalue weighted by Gasteiger charge is -2.35. The molecule has 8 heteroatoms. The minimum atomic E-state index is -0.701. The Bertz CT molecular complexity index is 2380. The van der Waals surface area contributed by atoms with Gasteiger partial charge in [0.15, 0.2) is 12.3 Å². The molecule has 2 aliphatic rings. The molecular formula is C58H78N4O4. The third kappa shape index (κ3) is 12.1. The molecule has 2 unspecified atom stereocenters. The lowest BCUT2D eigenvalue weighted by molar-refractivity contribution is -0.448. The molecule has 2 amide bonds. The van der Waals surface area contributed by atoms with Crippen molar-refractivity contribution in [3.05, 3.63) is 124 Å². The highest BCUT2D eigenvalue weighted by molar-refractivity contribution is 6.40. The maximum Gasteiger partial charge on any atom is 0.230 e. The smallest absolute Gasteiger partial charge is 0.230 e. The zero-order valence-corrected chi connectivity index (χ0v) is 42.3. The summed E-state index contributed by atoms with van der Waals surface area (Å²) in [6.45, 7) is 26.2. The van der Waals surface area contributed by atoms with E-state index in [0.29, 0.717) is 47.2 Å². The Morgan fingerprint density at radius 3 is 1.79 bits per heavy atom. The molecule has 354 valence electrons. The van der Waals surface area contributed by atoms with Gasteiger partial charge in [0.25, 0.3) is 0 Å². The molecule has 0 bridgehead atoms. The van der Waals surface area contributed by atoms with Crippen LogP contribution >= 0.6 is 0 Å². The van der Waals surface area contributed by atoms with E-state index in [1.807, 2.05) is 78.0 Å². The van der Waals surface area contributed by atoms with Gasteiger partial charge in [-0.05, 0) is 82.2 Å². The number of hydrogen-bond acceptors (Lipinski definition) is 5. The number of anilines is 3. The predicted octanol–water partition coefficient (Wildman–Crippen LogP) is 13.0. The Balaban J connectivity index is 1.70. The number of hydrogen-bond donors (Lipinski definition) is 2. The fourth-order valence-corrected chi connectivity index (χ4v) is 8.35. The first-order chi connectivity index (χ1) is 31.4. The van der Waals surface area contributed by atoms with Crippen LogP contribution in [0.15, 0.2) is 108 Å². The van der Waals surface area contributed by atoms with Crippen LogP contribution in [0.5, 0.6) is 0 Å². The van der Waals surface area contributed by atoms with Crippen LogP contribution in [0.4, 0.5) is 22.7 Å². The van der Waals surface area contributed by atoms with Crippen molar-refractivity contribution < 1.29 is 24.1 Å². The van der Waals surface area contributed by atoms with Crippen molar-refractivity contribution in [3.8, 4) is 0 Å². The zero-order chi connectivity index (χ0) is 48.3. The summed E-state index contributed by atoms with van der Waals surface area (Å²) in [7, 11) is 0. The second kappa shape index (κ2) is 22.8. The number of allylic oxidation sites excluding steroid dienone is 5. The van der Waals surface area contributed by atoms with Gasteiger partial charge in [-0.15, -0.1) is 0 Å². The molecule has 2 atom stereocenters. The summed E-state index contributed by atoms with van der Waals surface area (Å²) in [6, 6.07) is 22.6. The largest absolute Gasteiger partial charge is 0.871 e. The van der Waals surface area contributed by atoms with Crippen LogP contribution in [0.1, 0.15) is 150 Å². The fourth-order valence-electron chi connectivity index (χ4n) is 8.35. The van der Waals surface area contributed by atoms with Gasteiger partial charge in [-0.25, -0.2) is 0 Å². The maximum absolute atomic E-state index is 14.7. The second-order valence-corrected chi connectivity index (χ2v) is 20.0. The van der Waals surface area contributed by atoms with Gasteiger partial charge in [-0.1, -0.05) is 149 Å². The second-order valence-electron chi connectivity index (χ2n) is 20.0. The molecule has 0 heterocycles. The van der Waals surface area contributed by atoms with E-state index in [1.54, 1.807) is 0 Å². The molecule has 5 rings (SSSR count).